The molecule has 0 radical (unpaired) electrons. The molecular weight excluding hydrogens is 948 g/mol. The van der Waals surface area contributed by atoms with E-state index in [4.69, 9.17) is 33.3 Å². The summed E-state index contributed by atoms with van der Waals surface area (Å²) in [5.74, 6) is -0.559. The Labute approximate surface area is 392 Å². The number of aliphatic hydroxyl groups is 2. The van der Waals surface area contributed by atoms with E-state index in [1.54, 1.807) is 53.1 Å². The number of aromatic nitrogens is 6. The van der Waals surface area contributed by atoms with Crippen molar-refractivity contribution in [1.29, 1.82) is 0 Å². The van der Waals surface area contributed by atoms with Crippen LogP contribution in [0.1, 0.15) is 75.5 Å². The summed E-state index contributed by atoms with van der Waals surface area (Å²) in [7, 11) is -9.13. The Morgan fingerprint density at radius 3 is 2.03 bits per heavy atom. The molecule has 2 unspecified atom stereocenters. The number of nitrogens with two attached hydrogens (primary N) is 1. The molecule has 2 aliphatic rings. The van der Waals surface area contributed by atoms with E-state index in [0.717, 1.165) is 15.7 Å². The predicted molar refractivity (Wildman–Crippen MR) is 244 cm³/mol. The lowest BCUT2D eigenvalue weighted by atomic mass is 10.1. The average Bonchev–Trinajstić information content (AvgIpc) is 4.05. The number of nitrogens with zero attached hydrogens (tertiary/aromatic N) is 5. The number of ether oxygens (including phenoxy) is 2. The number of nitrogens with one attached hydrogen (secondary N) is 3. The summed E-state index contributed by atoms with van der Waals surface area (Å²) in [5.41, 5.74) is 7.96. The monoisotopic (exact) mass is 999 g/mol. The van der Waals surface area contributed by atoms with Crippen LogP contribution in [-0.2, 0) is 36.7 Å². The molecule has 0 aliphatic carbocycles. The number of anilines is 1. The first kappa shape index (κ1) is 51.1. The summed E-state index contributed by atoms with van der Waals surface area (Å²) in [5, 5.41) is 25.6. The molecule has 5 heterocycles. The van der Waals surface area contributed by atoms with Gasteiger partial charge in [0.25, 0.3) is 17.4 Å². The fourth-order valence-electron chi connectivity index (χ4n) is 7.27. The van der Waals surface area contributed by atoms with Crippen LogP contribution in [0.2, 0.25) is 0 Å². The van der Waals surface area contributed by atoms with E-state index in [1.807, 2.05) is 12.2 Å². The van der Waals surface area contributed by atoms with Crippen molar-refractivity contribution in [3.8, 4) is 0 Å². The van der Waals surface area contributed by atoms with E-state index in [0.29, 0.717) is 22.3 Å². The molecule has 7 rings (SSSR count). The SMILES string of the molecule is Cc1cn([C@H]2C[C@H](O)[C@@H](COP(=O)(O)OCCCNC(=O)c3ccc(/C=C/c4ccc(C(=O)NCCCOP(=O)(O)O[C@H]5C[C@H](n6cnc7c(N)ncnc76)O[C@@H]5CO)cc4)cc3)O2)c(=O)[nH]c1=O. The highest BCUT2D eigenvalue weighted by Gasteiger charge is 2.42. The zero-order chi connectivity index (χ0) is 49.3. The topological polar surface area (TPSA) is 353 Å². The Morgan fingerprint density at radius 2 is 1.42 bits per heavy atom. The number of aliphatic hydroxyl groups excluding tert-OH is 2. The van der Waals surface area contributed by atoms with Crippen LogP contribution in [0.5, 0.6) is 0 Å². The van der Waals surface area contributed by atoms with Gasteiger partial charge < -0.3 is 45.8 Å². The third kappa shape index (κ3) is 13.5. The number of hydrogen-bond donors (Lipinski definition) is 8. The third-order valence-corrected chi connectivity index (χ3v) is 13.0. The summed E-state index contributed by atoms with van der Waals surface area (Å²) >= 11 is 0. The lowest BCUT2D eigenvalue weighted by Crippen LogP contribution is -2.33. The summed E-state index contributed by atoms with van der Waals surface area (Å²) in [6.45, 7) is 0.326. The third-order valence-electron chi connectivity index (χ3n) is 10.9. The van der Waals surface area contributed by atoms with Crippen molar-refractivity contribution in [1.82, 2.24) is 39.7 Å². The molecule has 2 saturated heterocycles. The van der Waals surface area contributed by atoms with Gasteiger partial charge >= 0.3 is 21.3 Å². The van der Waals surface area contributed by atoms with Crippen LogP contribution >= 0.6 is 15.6 Å². The molecule has 0 spiro atoms. The van der Waals surface area contributed by atoms with E-state index in [2.05, 4.69) is 30.6 Å². The van der Waals surface area contributed by atoms with Crippen molar-refractivity contribution in [2.45, 2.75) is 69.5 Å². The summed E-state index contributed by atoms with van der Waals surface area (Å²) in [6, 6.07) is 13.6. The van der Waals surface area contributed by atoms with Crippen LogP contribution < -0.4 is 27.6 Å². The maximum atomic E-state index is 12.8. The maximum Gasteiger partial charge on any atom is 0.472 e. The fraction of sp³-hybridized carbons (Fsp3) is 0.405. The second-order valence-corrected chi connectivity index (χ2v) is 18.7. The number of aromatic amines is 1. The number of hydrogen-bond acceptors (Lipinski definition) is 18. The van der Waals surface area contributed by atoms with Gasteiger partial charge in [-0.3, -0.25) is 46.6 Å². The van der Waals surface area contributed by atoms with Crippen LogP contribution in [0.25, 0.3) is 23.3 Å². The molecule has 5 aromatic rings. The molecule has 370 valence electrons. The van der Waals surface area contributed by atoms with Gasteiger partial charge in [-0.25, -0.2) is 28.9 Å². The van der Waals surface area contributed by atoms with Gasteiger partial charge in [-0.15, -0.1) is 0 Å². The standard InChI is InChI=1S/C42H51N9O16P2/c1-25-20-50(42(57)49-39(25)54)34-18-30(53)33(66-34)22-64-68(58,59)62-16-2-14-44-40(55)28-10-6-26(7-11-28)4-5-27-8-12-29(13-9-27)41(56)45-15-3-17-63-69(60,61)67-31-19-35(65-32(31)21-52)51-24-48-36-37(43)46-23-47-38(36)51/h4-13,20,23-24,30-35,52-53H,2-3,14-19,21-22H2,1H3,(H,44,55)(H,45,56)(H,58,59)(H,60,61)(H2,43,46,47)(H,49,54,57)/b5-4+/t30-,31-,32+,33+,34+,35+/m0/s1. The molecule has 2 amide bonds. The van der Waals surface area contributed by atoms with Crippen molar-refractivity contribution >= 4 is 56.6 Å². The molecule has 0 bridgehead atoms. The van der Waals surface area contributed by atoms with Gasteiger partial charge in [-0.1, -0.05) is 36.4 Å². The number of phosphoric ester groups is 2. The maximum absolute atomic E-state index is 12.8. The molecule has 25 nitrogen and oxygen atoms in total. The van der Waals surface area contributed by atoms with Crippen LogP contribution in [-0.4, -0.2) is 125 Å². The molecule has 0 saturated carbocycles. The minimum atomic E-state index is -4.58. The van der Waals surface area contributed by atoms with Crippen molar-refractivity contribution < 1.29 is 66.3 Å². The highest BCUT2D eigenvalue weighted by Crippen LogP contribution is 2.49. The van der Waals surface area contributed by atoms with Crippen LogP contribution in [0.15, 0.2) is 77.0 Å². The van der Waals surface area contributed by atoms with Crippen LogP contribution in [0, 0.1) is 6.92 Å². The van der Waals surface area contributed by atoms with Gasteiger partial charge in [0.1, 0.15) is 42.6 Å². The Morgan fingerprint density at radius 1 is 0.841 bits per heavy atom. The molecule has 8 atom stereocenters. The predicted octanol–water partition coefficient (Wildman–Crippen LogP) is 1.94. The number of benzene rings is 2. The second kappa shape index (κ2) is 22.8. The van der Waals surface area contributed by atoms with Crippen molar-refractivity contribution in [2.24, 2.45) is 0 Å². The van der Waals surface area contributed by atoms with E-state index in [1.165, 1.54) is 25.8 Å². The van der Waals surface area contributed by atoms with Gasteiger partial charge in [0.05, 0.1) is 38.9 Å². The normalized spacial score (nSPS) is 22.2. The lowest BCUT2D eigenvalue weighted by Gasteiger charge is -2.19. The van der Waals surface area contributed by atoms with Crippen molar-refractivity contribution in [3.05, 3.63) is 116 Å². The number of carbonyl (C=O) groups excluding carboxylic acids is 2. The minimum Gasteiger partial charge on any atom is -0.394 e. The van der Waals surface area contributed by atoms with Crippen molar-refractivity contribution in [3.63, 3.8) is 0 Å². The van der Waals surface area contributed by atoms with E-state index in [-0.39, 0.29) is 75.2 Å². The number of imidazole rings is 1. The summed E-state index contributed by atoms with van der Waals surface area (Å²) in [6.07, 6.45) is 2.36. The molecule has 2 aliphatic heterocycles. The van der Waals surface area contributed by atoms with Gasteiger partial charge in [0.15, 0.2) is 11.5 Å². The summed E-state index contributed by atoms with van der Waals surface area (Å²) < 4.78 is 59.8. The lowest BCUT2D eigenvalue weighted by molar-refractivity contribution is -0.0465. The molecule has 9 N–H and O–H groups in total. The molecular formula is C42H51N9O16P2. The highest BCUT2D eigenvalue weighted by atomic mass is 31.2. The minimum absolute atomic E-state index is 0.0212. The Balaban J connectivity index is 0.758. The van der Waals surface area contributed by atoms with Crippen molar-refractivity contribution in [2.75, 3.05) is 45.3 Å². The number of carbonyl (C=O) groups is 2. The molecule has 27 heteroatoms. The number of aryl methyl sites for hydroxylation is 1. The number of fused-ring (bicyclic) bond motifs is 1. The molecule has 2 aromatic carbocycles. The smallest absolute Gasteiger partial charge is 0.394 e. The number of H-pyrrole nitrogens is 1. The van der Waals surface area contributed by atoms with E-state index < -0.39 is 77.0 Å². The highest BCUT2D eigenvalue weighted by molar-refractivity contribution is 7.47. The Kier molecular flexibility index (Phi) is 16.8. The first-order valence-corrected chi connectivity index (χ1v) is 24.6. The van der Waals surface area contributed by atoms with E-state index >= 15 is 0 Å². The largest absolute Gasteiger partial charge is 0.472 e. The number of amides is 2. The quantitative estimate of drug-likeness (QED) is 0.0279. The fourth-order valence-corrected chi connectivity index (χ4v) is 9.02. The second-order valence-electron chi connectivity index (χ2n) is 15.9. The number of rotatable bonds is 22. The van der Waals surface area contributed by atoms with Crippen LogP contribution in [0.3, 0.4) is 0 Å². The summed E-state index contributed by atoms with van der Waals surface area (Å²) in [4.78, 5) is 84.2. The molecule has 3 aromatic heterocycles. The molecule has 2 fully saturated rings. The number of nitrogen functional groups attached to an aromatic ring is 1. The van der Waals surface area contributed by atoms with E-state index in [9.17, 15) is 48.3 Å². The van der Waals surface area contributed by atoms with Gasteiger partial charge in [-0.05, 0) is 55.2 Å². The first-order valence-electron chi connectivity index (χ1n) is 21.6. The Hall–Kier alpha value is -5.79. The Bertz CT molecular complexity index is 2840. The van der Waals surface area contributed by atoms with Crippen LogP contribution in [0.4, 0.5) is 5.82 Å². The molecule has 69 heavy (non-hydrogen) atoms. The first-order chi connectivity index (χ1) is 33.0. The average molecular weight is 1000 g/mol. The van der Waals surface area contributed by atoms with Gasteiger partial charge in [0.2, 0.25) is 0 Å². The van der Waals surface area contributed by atoms with Gasteiger partial charge in [0, 0.05) is 48.8 Å². The number of phosphoric acid groups is 2. The van der Waals surface area contributed by atoms with Gasteiger partial charge in [-0.2, -0.15) is 0 Å². The zero-order valence-corrected chi connectivity index (χ0v) is 38.7. The zero-order valence-electron chi connectivity index (χ0n) is 36.9.